The van der Waals surface area contributed by atoms with Gasteiger partial charge in [0.1, 0.15) is 5.82 Å². The highest BCUT2D eigenvalue weighted by Gasteiger charge is 2.28. The molecule has 1 unspecified atom stereocenters. The van der Waals surface area contributed by atoms with E-state index < -0.39 is 5.82 Å². The van der Waals surface area contributed by atoms with Crippen LogP contribution in [0.4, 0.5) is 10.1 Å². The first-order valence-electron chi connectivity index (χ1n) is 6.80. The van der Waals surface area contributed by atoms with Crippen LogP contribution in [0.1, 0.15) is 33.8 Å². The summed E-state index contributed by atoms with van der Waals surface area (Å²) in [5, 5.41) is 3.28. The Morgan fingerprint density at radius 3 is 2.90 bits per heavy atom. The lowest BCUT2D eigenvalue weighted by Crippen LogP contribution is -2.23. The van der Waals surface area contributed by atoms with Crippen LogP contribution in [0.25, 0.3) is 0 Å². The molecule has 102 valence electrons. The average Bonchev–Trinajstić information content (AvgIpc) is 2.48. The second kappa shape index (κ2) is 5.08. The SMILES string of the molecule is Cc1ccc(F)c(C(=O)C2CCNc3ccccc32)c1. The number of carbonyl (C=O) groups is 1. The van der Waals surface area contributed by atoms with Gasteiger partial charge in [-0.25, -0.2) is 4.39 Å². The summed E-state index contributed by atoms with van der Waals surface area (Å²) in [7, 11) is 0. The van der Waals surface area contributed by atoms with Gasteiger partial charge in [-0.15, -0.1) is 0 Å². The van der Waals surface area contributed by atoms with Crippen molar-refractivity contribution in [1.82, 2.24) is 0 Å². The maximum absolute atomic E-state index is 13.9. The van der Waals surface area contributed by atoms with Gasteiger partial charge in [0.25, 0.3) is 0 Å². The van der Waals surface area contributed by atoms with E-state index in [-0.39, 0.29) is 17.3 Å². The number of fused-ring (bicyclic) bond motifs is 1. The van der Waals surface area contributed by atoms with Crippen molar-refractivity contribution in [3.63, 3.8) is 0 Å². The maximum atomic E-state index is 13.9. The van der Waals surface area contributed by atoms with Crippen molar-refractivity contribution in [2.45, 2.75) is 19.3 Å². The van der Waals surface area contributed by atoms with Crippen molar-refractivity contribution in [2.24, 2.45) is 0 Å². The predicted molar refractivity (Wildman–Crippen MR) is 77.8 cm³/mol. The number of nitrogens with one attached hydrogen (secondary N) is 1. The molecule has 3 heteroatoms. The average molecular weight is 269 g/mol. The fraction of sp³-hybridized carbons (Fsp3) is 0.235. The van der Waals surface area contributed by atoms with Gasteiger partial charge in [0, 0.05) is 12.2 Å². The van der Waals surface area contributed by atoms with Gasteiger partial charge in [-0.1, -0.05) is 29.8 Å². The monoisotopic (exact) mass is 269 g/mol. The number of ketones is 1. The Bertz CT molecular complexity index is 666. The second-order valence-corrected chi connectivity index (χ2v) is 5.20. The van der Waals surface area contributed by atoms with Crippen LogP contribution in [0, 0.1) is 12.7 Å². The number of Topliss-reactive ketones (excluding diaryl/α,β-unsaturated/α-hetero) is 1. The lowest BCUT2D eigenvalue weighted by molar-refractivity contribution is 0.0951. The second-order valence-electron chi connectivity index (χ2n) is 5.20. The lowest BCUT2D eigenvalue weighted by atomic mass is 9.84. The summed E-state index contributed by atoms with van der Waals surface area (Å²) in [5.74, 6) is -0.819. The molecule has 0 spiro atoms. The molecule has 0 saturated heterocycles. The van der Waals surface area contributed by atoms with Gasteiger partial charge >= 0.3 is 0 Å². The summed E-state index contributed by atoms with van der Waals surface area (Å²) in [4.78, 5) is 12.7. The van der Waals surface area contributed by atoms with Crippen LogP contribution in [0.2, 0.25) is 0 Å². The summed E-state index contributed by atoms with van der Waals surface area (Å²) in [5.41, 5.74) is 3.04. The molecule has 20 heavy (non-hydrogen) atoms. The number of halogens is 1. The maximum Gasteiger partial charge on any atom is 0.173 e. The van der Waals surface area contributed by atoms with Gasteiger partial charge in [0.15, 0.2) is 5.78 Å². The molecule has 0 amide bonds. The van der Waals surface area contributed by atoms with Gasteiger partial charge in [-0.05, 0) is 37.1 Å². The molecule has 0 aliphatic carbocycles. The van der Waals surface area contributed by atoms with E-state index in [0.717, 1.165) is 23.4 Å². The Morgan fingerprint density at radius 1 is 1.25 bits per heavy atom. The molecule has 0 saturated carbocycles. The predicted octanol–water partition coefficient (Wildman–Crippen LogP) is 3.92. The van der Waals surface area contributed by atoms with Crippen molar-refractivity contribution < 1.29 is 9.18 Å². The fourth-order valence-corrected chi connectivity index (χ4v) is 2.76. The summed E-state index contributed by atoms with van der Waals surface area (Å²) < 4.78 is 13.9. The topological polar surface area (TPSA) is 29.1 Å². The standard InChI is InChI=1S/C17H16FNO/c1-11-6-7-15(18)14(10-11)17(20)13-8-9-19-16-5-3-2-4-12(13)16/h2-7,10,13,19H,8-9H2,1H3. The van der Waals surface area contributed by atoms with E-state index in [1.165, 1.54) is 6.07 Å². The van der Waals surface area contributed by atoms with E-state index in [4.69, 9.17) is 0 Å². The molecular weight excluding hydrogens is 253 g/mol. The zero-order valence-electron chi connectivity index (χ0n) is 11.3. The summed E-state index contributed by atoms with van der Waals surface area (Å²) in [6.07, 6.45) is 0.698. The van der Waals surface area contributed by atoms with Crippen molar-refractivity contribution in [3.05, 3.63) is 65.0 Å². The van der Waals surface area contributed by atoms with E-state index in [1.54, 1.807) is 12.1 Å². The van der Waals surface area contributed by atoms with Gasteiger partial charge < -0.3 is 5.32 Å². The Morgan fingerprint density at radius 2 is 2.05 bits per heavy atom. The molecular formula is C17H16FNO. The van der Waals surface area contributed by atoms with Crippen LogP contribution in [0.3, 0.4) is 0 Å². The fourth-order valence-electron chi connectivity index (χ4n) is 2.76. The number of benzene rings is 2. The third-order valence-electron chi connectivity index (χ3n) is 3.79. The number of carbonyl (C=O) groups excluding carboxylic acids is 1. The van der Waals surface area contributed by atoms with Crippen molar-refractivity contribution in [1.29, 1.82) is 0 Å². The largest absolute Gasteiger partial charge is 0.385 e. The van der Waals surface area contributed by atoms with Crippen molar-refractivity contribution in [2.75, 3.05) is 11.9 Å². The Hall–Kier alpha value is -2.16. The zero-order valence-corrected chi connectivity index (χ0v) is 11.3. The molecule has 2 aromatic carbocycles. The normalized spacial score (nSPS) is 17.2. The molecule has 2 nitrogen and oxygen atoms in total. The summed E-state index contributed by atoms with van der Waals surface area (Å²) in [6, 6.07) is 12.4. The van der Waals surface area contributed by atoms with E-state index in [0.29, 0.717) is 6.42 Å². The van der Waals surface area contributed by atoms with Gasteiger partial charge in [0.2, 0.25) is 0 Å². The molecule has 1 aliphatic rings. The van der Waals surface area contributed by atoms with Gasteiger partial charge in [-0.2, -0.15) is 0 Å². The Balaban J connectivity index is 2.02. The van der Waals surface area contributed by atoms with Crippen LogP contribution in [-0.2, 0) is 0 Å². The molecule has 1 heterocycles. The molecule has 2 aromatic rings. The highest BCUT2D eigenvalue weighted by atomic mass is 19.1. The van der Waals surface area contributed by atoms with E-state index in [1.807, 2.05) is 31.2 Å². The minimum absolute atomic E-state index is 0.125. The minimum atomic E-state index is -0.434. The third-order valence-corrected chi connectivity index (χ3v) is 3.79. The Kier molecular flexibility index (Phi) is 3.26. The van der Waals surface area contributed by atoms with Crippen LogP contribution in [-0.4, -0.2) is 12.3 Å². The summed E-state index contributed by atoms with van der Waals surface area (Å²) in [6.45, 7) is 2.60. The van der Waals surface area contributed by atoms with E-state index in [9.17, 15) is 9.18 Å². The molecule has 1 N–H and O–H groups in total. The molecule has 1 atom stereocenters. The molecule has 0 radical (unpaired) electrons. The third kappa shape index (κ3) is 2.20. The molecule has 1 aliphatic heterocycles. The highest BCUT2D eigenvalue weighted by molar-refractivity contribution is 6.02. The smallest absolute Gasteiger partial charge is 0.173 e. The van der Waals surface area contributed by atoms with E-state index in [2.05, 4.69) is 5.32 Å². The minimum Gasteiger partial charge on any atom is -0.385 e. The first-order chi connectivity index (χ1) is 9.66. The lowest BCUT2D eigenvalue weighted by Gasteiger charge is -2.25. The first-order valence-corrected chi connectivity index (χ1v) is 6.80. The zero-order chi connectivity index (χ0) is 14.1. The Labute approximate surface area is 117 Å². The van der Waals surface area contributed by atoms with Crippen molar-refractivity contribution in [3.8, 4) is 0 Å². The quantitative estimate of drug-likeness (QED) is 0.837. The molecule has 3 rings (SSSR count). The number of rotatable bonds is 2. The molecule has 0 fully saturated rings. The van der Waals surface area contributed by atoms with E-state index >= 15 is 0 Å². The van der Waals surface area contributed by atoms with Gasteiger partial charge in [-0.3, -0.25) is 4.79 Å². The van der Waals surface area contributed by atoms with Crippen LogP contribution < -0.4 is 5.32 Å². The molecule has 0 aromatic heterocycles. The number of hydrogen-bond donors (Lipinski definition) is 1. The van der Waals surface area contributed by atoms with Crippen LogP contribution in [0.5, 0.6) is 0 Å². The number of anilines is 1. The van der Waals surface area contributed by atoms with Crippen LogP contribution >= 0.6 is 0 Å². The highest BCUT2D eigenvalue weighted by Crippen LogP contribution is 2.34. The number of aryl methyl sites for hydroxylation is 1. The van der Waals surface area contributed by atoms with Crippen molar-refractivity contribution >= 4 is 11.5 Å². The first kappa shape index (κ1) is 12.9. The van der Waals surface area contributed by atoms with Gasteiger partial charge in [0.05, 0.1) is 11.5 Å². The summed E-state index contributed by atoms with van der Waals surface area (Å²) >= 11 is 0. The number of hydrogen-bond acceptors (Lipinski definition) is 2. The molecule has 0 bridgehead atoms. The number of para-hydroxylation sites is 1. The van der Waals surface area contributed by atoms with Crippen LogP contribution in [0.15, 0.2) is 42.5 Å².